The van der Waals surface area contributed by atoms with Crippen molar-refractivity contribution in [2.45, 2.75) is 49.3 Å². The number of carbonyl (C=O) groups excluding carboxylic acids is 1. The van der Waals surface area contributed by atoms with Crippen molar-refractivity contribution in [2.75, 3.05) is 26.4 Å². The van der Waals surface area contributed by atoms with Gasteiger partial charge in [0.05, 0.1) is 19.4 Å². The highest BCUT2D eigenvalue weighted by molar-refractivity contribution is 5.91. The summed E-state index contributed by atoms with van der Waals surface area (Å²) in [7, 11) is 3.41. The van der Waals surface area contributed by atoms with E-state index >= 15 is 0 Å². The number of amides is 1. The molecule has 4 heterocycles. The lowest BCUT2D eigenvalue weighted by Crippen LogP contribution is -2.33. The van der Waals surface area contributed by atoms with Gasteiger partial charge in [-0.25, -0.2) is 15.0 Å². The predicted molar refractivity (Wildman–Crippen MR) is 139 cm³/mol. The van der Waals surface area contributed by atoms with Crippen LogP contribution in [-0.2, 0) is 21.5 Å². The van der Waals surface area contributed by atoms with Crippen LogP contribution in [0.5, 0.6) is 0 Å². The molecule has 200 valence electrons. The van der Waals surface area contributed by atoms with Gasteiger partial charge in [-0.15, -0.1) is 0 Å². The first-order chi connectivity index (χ1) is 18.2. The largest absolute Gasteiger partial charge is 0.394 e. The number of aliphatic hydroxyl groups excluding tert-OH is 3. The molecule has 2 aromatic heterocycles. The number of rotatable bonds is 8. The summed E-state index contributed by atoms with van der Waals surface area (Å²) in [6.45, 7) is -0.458. The number of aliphatic hydroxyl groups is 3. The van der Waals surface area contributed by atoms with E-state index in [-0.39, 0.29) is 18.1 Å². The summed E-state index contributed by atoms with van der Waals surface area (Å²) >= 11 is 0. The van der Waals surface area contributed by atoms with Crippen LogP contribution in [0.1, 0.15) is 30.5 Å². The second-order valence-electron chi connectivity index (χ2n) is 9.84. The number of hydrogen-bond acceptors (Lipinski definition) is 10. The fourth-order valence-corrected chi connectivity index (χ4v) is 4.79. The van der Waals surface area contributed by atoms with Crippen LogP contribution in [0.25, 0.3) is 11.2 Å². The molecule has 1 saturated heterocycles. The molecule has 1 aromatic carbocycles. The first-order valence-electron chi connectivity index (χ1n) is 12.4. The number of imidazole rings is 1. The number of fused-ring (bicyclic) bond motifs is 1. The van der Waals surface area contributed by atoms with Crippen molar-refractivity contribution in [2.24, 2.45) is 4.99 Å². The third-order valence-corrected chi connectivity index (χ3v) is 7.00. The predicted octanol–water partition coefficient (Wildman–Crippen LogP) is 0.337. The van der Waals surface area contributed by atoms with Crippen molar-refractivity contribution < 1.29 is 24.9 Å². The first-order valence-corrected chi connectivity index (χ1v) is 12.4. The summed E-state index contributed by atoms with van der Waals surface area (Å²) in [5.41, 5.74) is 7.79. The fourth-order valence-electron chi connectivity index (χ4n) is 4.79. The van der Waals surface area contributed by atoms with Crippen LogP contribution in [-0.4, -0.2) is 90.9 Å². The molecule has 38 heavy (non-hydrogen) atoms. The lowest BCUT2D eigenvalue weighted by atomic mass is 9.90. The molecule has 2 aliphatic rings. The second-order valence-corrected chi connectivity index (χ2v) is 9.84. The number of ether oxygens (including phenoxy) is 1. The zero-order chi connectivity index (χ0) is 27.0. The molecule has 1 fully saturated rings. The average Bonchev–Trinajstić information content (AvgIpc) is 3.60. The number of aryl methyl sites for hydroxylation is 1. The van der Waals surface area contributed by atoms with Crippen LogP contribution in [0.3, 0.4) is 0 Å². The quantitative estimate of drug-likeness (QED) is 0.326. The maximum Gasteiger partial charge on any atom is 0.226 e. The fraction of sp³-hybridized carbons (Fsp3) is 0.423. The van der Waals surface area contributed by atoms with Crippen molar-refractivity contribution in [1.29, 1.82) is 0 Å². The highest BCUT2D eigenvalue weighted by Crippen LogP contribution is 2.38. The van der Waals surface area contributed by atoms with Gasteiger partial charge in [0, 0.05) is 20.3 Å². The van der Waals surface area contributed by atoms with Crippen molar-refractivity contribution in [3.63, 3.8) is 0 Å². The number of hydrogen-bond donors (Lipinski definition) is 4. The minimum absolute atomic E-state index is 0.0557. The molecular formula is C26H31N7O5. The Kier molecular flexibility index (Phi) is 6.97. The van der Waals surface area contributed by atoms with E-state index in [0.717, 1.165) is 11.1 Å². The van der Waals surface area contributed by atoms with Gasteiger partial charge in [0.15, 0.2) is 23.5 Å². The Labute approximate surface area is 219 Å². The zero-order valence-corrected chi connectivity index (χ0v) is 21.2. The molecule has 5 rings (SSSR count). The molecule has 0 saturated carbocycles. The Morgan fingerprint density at radius 2 is 1.95 bits per heavy atom. The first kappa shape index (κ1) is 25.9. The number of aliphatic imine (C=N–C) groups is 1. The number of anilines is 1. The Morgan fingerprint density at radius 3 is 2.63 bits per heavy atom. The van der Waals surface area contributed by atoms with E-state index in [2.05, 4.69) is 9.97 Å². The molecule has 5 N–H and O–H groups in total. The number of nitrogen functional groups attached to an aromatic ring is 1. The van der Waals surface area contributed by atoms with Gasteiger partial charge in [-0.05, 0) is 30.1 Å². The topological polar surface area (TPSA) is 172 Å². The number of aromatic nitrogens is 4. The second kappa shape index (κ2) is 10.2. The van der Waals surface area contributed by atoms with Crippen LogP contribution in [0.2, 0.25) is 0 Å². The standard InChI is InChI=1S/C26H31N7O5/c1-32(2)18(35)10-16-11-26(29-12-16,9-8-15-6-4-3-5-7-15)25-30-22(27)19-23(31-25)33(14-28-19)24-21(37)20(36)17(13-34)38-24/h3-7,11-12,14,17,20-21,24,34,36-37H,8-10,13H2,1-2H3,(H2,27,30,31)/t17-,20?,21?,24-,26?/m1/s1. The van der Waals surface area contributed by atoms with E-state index in [1.807, 2.05) is 36.4 Å². The van der Waals surface area contributed by atoms with Crippen molar-refractivity contribution in [3.05, 3.63) is 59.7 Å². The van der Waals surface area contributed by atoms with Gasteiger partial charge in [-0.1, -0.05) is 30.3 Å². The third-order valence-electron chi connectivity index (χ3n) is 7.00. The maximum absolute atomic E-state index is 12.4. The van der Waals surface area contributed by atoms with E-state index in [1.54, 1.807) is 20.3 Å². The molecule has 0 spiro atoms. The lowest BCUT2D eigenvalue weighted by molar-refractivity contribution is -0.127. The summed E-state index contributed by atoms with van der Waals surface area (Å²) in [4.78, 5) is 32.4. The highest BCUT2D eigenvalue weighted by Gasteiger charge is 2.44. The Hall–Kier alpha value is -3.71. The molecule has 1 amide bonds. The number of carbonyl (C=O) groups is 1. The summed E-state index contributed by atoms with van der Waals surface area (Å²) in [5, 5.41) is 30.3. The van der Waals surface area contributed by atoms with Crippen LogP contribution >= 0.6 is 0 Å². The molecule has 12 heteroatoms. The van der Waals surface area contributed by atoms with Gasteiger partial charge in [0.25, 0.3) is 0 Å². The zero-order valence-electron chi connectivity index (χ0n) is 21.2. The summed E-state index contributed by atoms with van der Waals surface area (Å²) < 4.78 is 7.17. The summed E-state index contributed by atoms with van der Waals surface area (Å²) in [5.74, 6) is 0.381. The Bertz CT molecular complexity index is 1390. The smallest absolute Gasteiger partial charge is 0.226 e. The molecule has 3 aromatic rings. The van der Waals surface area contributed by atoms with Crippen molar-refractivity contribution in [3.8, 4) is 0 Å². The number of benzene rings is 1. The third kappa shape index (κ3) is 4.67. The maximum atomic E-state index is 12.4. The van der Waals surface area contributed by atoms with E-state index in [9.17, 15) is 20.1 Å². The van der Waals surface area contributed by atoms with Crippen LogP contribution < -0.4 is 5.73 Å². The SMILES string of the molecule is CN(C)C(=O)CC1=CC(CCc2ccccc2)(c2nc(N)c3ncn([C@@H]4O[C@H](CO)C(O)C4O)c3n2)N=C1. The molecule has 5 atom stereocenters. The molecular weight excluding hydrogens is 490 g/mol. The van der Waals surface area contributed by atoms with Crippen molar-refractivity contribution in [1.82, 2.24) is 24.4 Å². The number of nitrogens with two attached hydrogens (primary N) is 1. The molecule has 3 unspecified atom stereocenters. The van der Waals surface area contributed by atoms with E-state index in [1.165, 1.54) is 15.8 Å². The van der Waals surface area contributed by atoms with Crippen molar-refractivity contribution >= 4 is 29.1 Å². The minimum Gasteiger partial charge on any atom is -0.394 e. The van der Waals surface area contributed by atoms with Gasteiger partial charge < -0.3 is 30.7 Å². The molecule has 0 radical (unpaired) electrons. The minimum atomic E-state index is -1.32. The Balaban J connectivity index is 1.56. The monoisotopic (exact) mass is 521 g/mol. The molecule has 0 aliphatic carbocycles. The van der Waals surface area contributed by atoms with E-state index < -0.39 is 36.7 Å². The summed E-state index contributed by atoms with van der Waals surface area (Å²) in [6, 6.07) is 9.95. The summed E-state index contributed by atoms with van der Waals surface area (Å²) in [6.07, 6.45) is 1.77. The molecule has 2 aliphatic heterocycles. The normalized spacial score (nSPS) is 26.7. The van der Waals surface area contributed by atoms with Gasteiger partial charge >= 0.3 is 0 Å². The van der Waals surface area contributed by atoms with Gasteiger partial charge in [-0.3, -0.25) is 14.4 Å². The van der Waals surface area contributed by atoms with Gasteiger partial charge in [-0.2, -0.15) is 0 Å². The van der Waals surface area contributed by atoms with Crippen LogP contribution in [0.4, 0.5) is 5.82 Å². The van der Waals surface area contributed by atoms with E-state index in [4.69, 9.17) is 20.4 Å². The average molecular weight is 522 g/mol. The molecule has 0 bridgehead atoms. The highest BCUT2D eigenvalue weighted by atomic mass is 16.6. The van der Waals surface area contributed by atoms with E-state index in [0.29, 0.717) is 29.8 Å². The van der Waals surface area contributed by atoms with Crippen LogP contribution in [0, 0.1) is 0 Å². The number of nitrogens with zero attached hydrogens (tertiary/aromatic N) is 6. The Morgan fingerprint density at radius 1 is 1.18 bits per heavy atom. The molecule has 12 nitrogen and oxygen atoms in total. The van der Waals surface area contributed by atoms with Gasteiger partial charge in [0.1, 0.15) is 29.4 Å². The van der Waals surface area contributed by atoms with Crippen LogP contribution in [0.15, 0.2) is 53.3 Å². The lowest BCUT2D eigenvalue weighted by Gasteiger charge is -2.24. The van der Waals surface area contributed by atoms with Gasteiger partial charge in [0.2, 0.25) is 5.91 Å².